The minimum absolute atomic E-state index is 0.0543. The van der Waals surface area contributed by atoms with Crippen molar-refractivity contribution in [2.45, 2.75) is 91.8 Å². The minimum Gasteiger partial charge on any atom is -0.461 e. The third-order valence-electron chi connectivity index (χ3n) is 5.78. The van der Waals surface area contributed by atoms with E-state index in [1.54, 1.807) is 23.6 Å². The standard InChI is InChI=1S/C12H18N2O2S.C10H16N2OS.C2H6/c1-3-16-11(15)10-8-17-12(13-10)14-7-5-4-6-9(14)2;1-8-4-2-3-5-12(8)10-11-9(6-13)7-14-10;1-2/h8-9H,3-7H2,1-2H3;7-8,13H,2-6H2,1H3;1-2H3. The monoisotopic (exact) mass is 496 g/mol. The first-order valence-electron chi connectivity index (χ1n) is 12.2. The Labute approximate surface area is 206 Å². The fraction of sp³-hybridized carbons (Fsp3) is 0.708. The predicted molar refractivity (Wildman–Crippen MR) is 139 cm³/mol. The molecule has 4 heterocycles. The lowest BCUT2D eigenvalue weighted by Crippen LogP contribution is -2.37. The number of piperidine rings is 2. The highest BCUT2D eigenvalue weighted by Gasteiger charge is 2.23. The summed E-state index contributed by atoms with van der Waals surface area (Å²) in [7, 11) is 0. The summed E-state index contributed by atoms with van der Waals surface area (Å²) in [5.74, 6) is -0.320. The zero-order valence-electron chi connectivity index (χ0n) is 20.7. The largest absolute Gasteiger partial charge is 0.461 e. The molecule has 2 saturated heterocycles. The van der Waals surface area contributed by atoms with Crippen LogP contribution < -0.4 is 9.80 Å². The van der Waals surface area contributed by atoms with Crippen molar-refractivity contribution < 1.29 is 14.6 Å². The van der Waals surface area contributed by atoms with Gasteiger partial charge in [-0.05, 0) is 59.3 Å². The van der Waals surface area contributed by atoms with E-state index < -0.39 is 0 Å². The first kappa shape index (κ1) is 27.5. The summed E-state index contributed by atoms with van der Waals surface area (Å²) in [4.78, 5) is 24.9. The zero-order valence-corrected chi connectivity index (χ0v) is 22.4. The van der Waals surface area contributed by atoms with E-state index in [1.165, 1.54) is 49.9 Å². The number of rotatable bonds is 5. The van der Waals surface area contributed by atoms with Gasteiger partial charge in [0.1, 0.15) is 0 Å². The number of esters is 1. The molecule has 186 valence electrons. The Morgan fingerprint density at radius 3 is 2.03 bits per heavy atom. The molecule has 4 rings (SSSR count). The van der Waals surface area contributed by atoms with Gasteiger partial charge in [-0.25, -0.2) is 14.8 Å². The highest BCUT2D eigenvalue weighted by atomic mass is 32.1. The van der Waals surface area contributed by atoms with Crippen molar-refractivity contribution in [3.63, 3.8) is 0 Å². The van der Waals surface area contributed by atoms with Gasteiger partial charge in [0, 0.05) is 35.9 Å². The van der Waals surface area contributed by atoms with Crippen molar-refractivity contribution in [3.05, 3.63) is 22.1 Å². The second-order valence-electron chi connectivity index (χ2n) is 8.09. The van der Waals surface area contributed by atoms with Crippen molar-refractivity contribution in [1.29, 1.82) is 0 Å². The molecular weight excluding hydrogens is 456 g/mol. The first-order valence-corrected chi connectivity index (χ1v) is 14.0. The van der Waals surface area contributed by atoms with Crippen LogP contribution in [0.4, 0.5) is 10.3 Å². The van der Waals surface area contributed by atoms with Crippen LogP contribution in [0.2, 0.25) is 0 Å². The van der Waals surface area contributed by atoms with Gasteiger partial charge in [-0.2, -0.15) is 0 Å². The third kappa shape index (κ3) is 7.93. The molecule has 0 radical (unpaired) electrons. The summed E-state index contributed by atoms with van der Waals surface area (Å²) in [5.41, 5.74) is 1.23. The molecule has 2 aromatic heterocycles. The molecule has 0 aliphatic carbocycles. The van der Waals surface area contributed by atoms with E-state index in [9.17, 15) is 4.79 Å². The van der Waals surface area contributed by atoms with E-state index >= 15 is 0 Å². The lowest BCUT2D eigenvalue weighted by molar-refractivity contribution is 0.0520. The van der Waals surface area contributed by atoms with Crippen molar-refractivity contribution in [3.8, 4) is 0 Å². The average molecular weight is 497 g/mol. The molecule has 0 bridgehead atoms. The average Bonchev–Trinajstić information content (AvgIpc) is 3.52. The van der Waals surface area contributed by atoms with E-state index in [2.05, 4.69) is 33.6 Å². The molecule has 7 nitrogen and oxygen atoms in total. The number of thiazole rings is 2. The quantitative estimate of drug-likeness (QED) is 0.529. The Kier molecular flexibility index (Phi) is 12.1. The van der Waals surface area contributed by atoms with E-state index in [4.69, 9.17) is 9.84 Å². The van der Waals surface area contributed by atoms with Crippen molar-refractivity contribution in [1.82, 2.24) is 9.97 Å². The number of carbonyl (C=O) groups is 1. The van der Waals surface area contributed by atoms with Crippen LogP contribution in [0.15, 0.2) is 10.8 Å². The Hall–Kier alpha value is -1.71. The molecule has 0 amide bonds. The van der Waals surface area contributed by atoms with Crippen LogP contribution in [0.25, 0.3) is 0 Å². The molecule has 2 unspecified atom stereocenters. The number of anilines is 2. The maximum atomic E-state index is 11.5. The summed E-state index contributed by atoms with van der Waals surface area (Å²) >= 11 is 3.17. The smallest absolute Gasteiger partial charge is 0.357 e. The summed E-state index contributed by atoms with van der Waals surface area (Å²) < 4.78 is 4.94. The van der Waals surface area contributed by atoms with Crippen LogP contribution in [0.3, 0.4) is 0 Å². The molecule has 9 heteroatoms. The molecule has 2 aromatic rings. The van der Waals surface area contributed by atoms with E-state index in [-0.39, 0.29) is 12.6 Å². The molecule has 0 aromatic carbocycles. The Morgan fingerprint density at radius 2 is 1.55 bits per heavy atom. The van der Waals surface area contributed by atoms with Gasteiger partial charge >= 0.3 is 5.97 Å². The molecule has 0 saturated carbocycles. The van der Waals surface area contributed by atoms with Gasteiger partial charge < -0.3 is 19.6 Å². The number of aliphatic hydroxyl groups is 1. The Balaban J connectivity index is 0.000000221. The summed E-state index contributed by atoms with van der Waals surface area (Å²) in [6.07, 6.45) is 7.54. The number of aliphatic hydroxyl groups excluding tert-OH is 1. The fourth-order valence-corrected chi connectivity index (χ4v) is 5.83. The van der Waals surface area contributed by atoms with Gasteiger partial charge in [0.25, 0.3) is 0 Å². The summed E-state index contributed by atoms with van der Waals surface area (Å²) in [6, 6.07) is 1.12. The topological polar surface area (TPSA) is 78.8 Å². The van der Waals surface area contributed by atoms with Crippen molar-refractivity contribution in [2.24, 2.45) is 0 Å². The third-order valence-corrected chi connectivity index (χ3v) is 7.58. The molecular formula is C24H40N4O3S2. The second-order valence-corrected chi connectivity index (χ2v) is 9.76. The molecule has 2 aliphatic heterocycles. The number of ether oxygens (including phenoxy) is 1. The summed E-state index contributed by atoms with van der Waals surface area (Å²) in [5, 5.41) is 14.7. The molecule has 0 spiro atoms. The maximum absolute atomic E-state index is 11.5. The summed E-state index contributed by atoms with van der Waals surface area (Å²) in [6.45, 7) is 12.9. The number of nitrogens with zero attached hydrogens (tertiary/aromatic N) is 4. The first-order chi connectivity index (χ1) is 16.0. The molecule has 33 heavy (non-hydrogen) atoms. The van der Waals surface area contributed by atoms with Crippen LogP contribution in [-0.4, -0.2) is 52.8 Å². The van der Waals surface area contributed by atoms with Crippen molar-refractivity contribution in [2.75, 3.05) is 29.5 Å². The highest BCUT2D eigenvalue weighted by Crippen LogP contribution is 2.28. The lowest BCUT2D eigenvalue weighted by Gasteiger charge is -2.33. The molecule has 2 atom stereocenters. The number of hydrogen-bond donors (Lipinski definition) is 1. The van der Waals surface area contributed by atoms with E-state index in [0.29, 0.717) is 24.4 Å². The highest BCUT2D eigenvalue weighted by molar-refractivity contribution is 7.14. The van der Waals surface area contributed by atoms with E-state index in [1.807, 2.05) is 19.2 Å². The predicted octanol–water partition coefficient (Wildman–Crippen LogP) is 5.74. The minimum atomic E-state index is -0.320. The molecule has 2 fully saturated rings. The normalized spacial score (nSPS) is 20.3. The number of hydrogen-bond acceptors (Lipinski definition) is 9. The maximum Gasteiger partial charge on any atom is 0.357 e. The van der Waals surface area contributed by atoms with Crippen LogP contribution >= 0.6 is 22.7 Å². The second kappa shape index (κ2) is 14.5. The van der Waals surface area contributed by atoms with Gasteiger partial charge in [-0.1, -0.05) is 13.8 Å². The fourth-order valence-electron chi connectivity index (χ4n) is 3.96. The molecule has 2 aliphatic rings. The van der Waals surface area contributed by atoms with Gasteiger partial charge in [0.05, 0.1) is 18.9 Å². The zero-order chi connectivity index (χ0) is 24.2. The van der Waals surface area contributed by atoms with Crippen LogP contribution in [0.5, 0.6) is 0 Å². The SMILES string of the molecule is CC.CC1CCCCN1c1nc(CO)cs1.CCOC(=O)c1csc(N2CCCCC2C)n1. The van der Waals surface area contributed by atoms with Crippen LogP contribution in [0, 0.1) is 0 Å². The lowest BCUT2D eigenvalue weighted by atomic mass is 10.1. The Bertz CT molecular complexity index is 826. The number of carbonyl (C=O) groups excluding carboxylic acids is 1. The number of aromatic nitrogens is 2. The van der Waals surface area contributed by atoms with Gasteiger partial charge in [-0.15, -0.1) is 22.7 Å². The van der Waals surface area contributed by atoms with Gasteiger partial charge in [0.15, 0.2) is 16.0 Å². The van der Waals surface area contributed by atoms with Crippen LogP contribution in [-0.2, 0) is 11.3 Å². The molecule has 1 N–H and O–H groups in total. The van der Waals surface area contributed by atoms with Crippen molar-refractivity contribution >= 4 is 38.9 Å². The Morgan fingerprint density at radius 1 is 1.00 bits per heavy atom. The van der Waals surface area contributed by atoms with E-state index in [0.717, 1.165) is 29.0 Å². The van der Waals surface area contributed by atoms with Gasteiger partial charge in [-0.3, -0.25) is 0 Å². The van der Waals surface area contributed by atoms with Crippen LogP contribution in [0.1, 0.15) is 89.3 Å². The van der Waals surface area contributed by atoms with Gasteiger partial charge in [0.2, 0.25) is 0 Å².